The van der Waals surface area contributed by atoms with Gasteiger partial charge in [0, 0.05) is 29.5 Å². The number of benzene rings is 3. The lowest BCUT2D eigenvalue weighted by atomic mass is 10.0. The molecule has 0 saturated carbocycles. The van der Waals surface area contributed by atoms with Crippen molar-refractivity contribution in [3.63, 3.8) is 0 Å². The summed E-state index contributed by atoms with van der Waals surface area (Å²) in [6.07, 6.45) is 1.76. The Balaban J connectivity index is 1.72. The van der Waals surface area contributed by atoms with Gasteiger partial charge < -0.3 is 10.2 Å². The van der Waals surface area contributed by atoms with Crippen LogP contribution in [0.4, 0.5) is 5.69 Å². The highest BCUT2D eigenvalue weighted by Crippen LogP contribution is 2.29. The Morgan fingerprint density at radius 2 is 1.71 bits per heavy atom. The number of hydrogen-bond acceptors (Lipinski definition) is 3. The molecule has 0 aliphatic rings. The molecule has 0 aliphatic carbocycles. The Morgan fingerprint density at radius 1 is 1.00 bits per heavy atom. The van der Waals surface area contributed by atoms with Crippen molar-refractivity contribution in [3.8, 4) is 6.07 Å². The third-order valence-electron chi connectivity index (χ3n) is 4.77. The van der Waals surface area contributed by atoms with Crippen molar-refractivity contribution in [3.05, 3.63) is 77.9 Å². The molecule has 1 amide bonds. The van der Waals surface area contributed by atoms with Crippen molar-refractivity contribution >= 4 is 22.4 Å². The van der Waals surface area contributed by atoms with Crippen molar-refractivity contribution in [2.24, 2.45) is 0 Å². The van der Waals surface area contributed by atoms with Gasteiger partial charge in [0.25, 0.3) is 0 Å². The lowest BCUT2D eigenvalue weighted by Crippen LogP contribution is -2.38. The predicted octanol–water partition coefficient (Wildman–Crippen LogP) is 4.29. The van der Waals surface area contributed by atoms with E-state index < -0.39 is 0 Å². The van der Waals surface area contributed by atoms with Crippen LogP contribution >= 0.6 is 0 Å². The van der Waals surface area contributed by atoms with Crippen LogP contribution in [0.3, 0.4) is 0 Å². The second-order valence-corrected chi connectivity index (χ2v) is 6.80. The first-order chi connectivity index (χ1) is 13.7. The van der Waals surface area contributed by atoms with Gasteiger partial charge in [-0.15, -0.1) is 0 Å². The van der Waals surface area contributed by atoms with E-state index in [0.717, 1.165) is 35.8 Å². The summed E-state index contributed by atoms with van der Waals surface area (Å²) in [6.45, 7) is 3.81. The molecule has 0 radical (unpaired) electrons. The van der Waals surface area contributed by atoms with E-state index in [2.05, 4.69) is 35.3 Å². The lowest BCUT2D eigenvalue weighted by Gasteiger charge is -2.25. The maximum atomic E-state index is 12.5. The number of amides is 1. The molecule has 0 aliphatic heterocycles. The minimum absolute atomic E-state index is 0.0119. The van der Waals surface area contributed by atoms with Gasteiger partial charge in [-0.25, -0.2) is 0 Å². The SMILES string of the molecule is CCCN(CC(=O)NCCc1ccccc1)c1ccc(C#N)c2ccccc12. The Labute approximate surface area is 166 Å². The number of nitrogens with one attached hydrogen (secondary N) is 1. The molecule has 28 heavy (non-hydrogen) atoms. The van der Waals surface area contributed by atoms with E-state index in [-0.39, 0.29) is 5.91 Å². The summed E-state index contributed by atoms with van der Waals surface area (Å²) in [5, 5.41) is 14.3. The van der Waals surface area contributed by atoms with Crippen molar-refractivity contribution in [1.82, 2.24) is 5.32 Å². The zero-order chi connectivity index (χ0) is 19.8. The molecular formula is C24H25N3O. The van der Waals surface area contributed by atoms with Gasteiger partial charge in [-0.2, -0.15) is 5.26 Å². The predicted molar refractivity (Wildman–Crippen MR) is 114 cm³/mol. The highest BCUT2D eigenvalue weighted by molar-refractivity contribution is 5.98. The molecule has 3 aromatic carbocycles. The molecule has 3 rings (SSSR count). The van der Waals surface area contributed by atoms with Crippen LogP contribution < -0.4 is 10.2 Å². The molecule has 0 fully saturated rings. The van der Waals surface area contributed by atoms with Gasteiger partial charge in [-0.05, 0) is 30.5 Å². The van der Waals surface area contributed by atoms with Crippen molar-refractivity contribution in [2.75, 3.05) is 24.5 Å². The summed E-state index contributed by atoms with van der Waals surface area (Å²) in [6, 6.07) is 24.1. The van der Waals surface area contributed by atoms with Gasteiger partial charge in [0.2, 0.25) is 5.91 Å². The summed E-state index contributed by atoms with van der Waals surface area (Å²) < 4.78 is 0. The van der Waals surface area contributed by atoms with Gasteiger partial charge >= 0.3 is 0 Å². The fourth-order valence-electron chi connectivity index (χ4n) is 3.43. The fourth-order valence-corrected chi connectivity index (χ4v) is 3.43. The largest absolute Gasteiger partial charge is 0.362 e. The summed E-state index contributed by atoms with van der Waals surface area (Å²) in [5.41, 5.74) is 2.86. The smallest absolute Gasteiger partial charge is 0.239 e. The monoisotopic (exact) mass is 371 g/mol. The number of fused-ring (bicyclic) bond motifs is 1. The Bertz CT molecular complexity index is 976. The number of carbonyl (C=O) groups is 1. The van der Waals surface area contributed by atoms with Crippen LogP contribution in [0.5, 0.6) is 0 Å². The van der Waals surface area contributed by atoms with E-state index in [4.69, 9.17) is 0 Å². The first kappa shape index (κ1) is 19.4. The van der Waals surface area contributed by atoms with Crippen LogP contribution in [0.1, 0.15) is 24.5 Å². The number of hydrogen-bond donors (Lipinski definition) is 1. The van der Waals surface area contributed by atoms with E-state index in [1.54, 1.807) is 0 Å². The van der Waals surface area contributed by atoms with E-state index >= 15 is 0 Å². The van der Waals surface area contributed by atoms with E-state index in [0.29, 0.717) is 18.7 Å². The molecule has 142 valence electrons. The molecule has 0 unspecified atom stereocenters. The molecule has 0 spiro atoms. The topological polar surface area (TPSA) is 56.1 Å². The molecular weight excluding hydrogens is 346 g/mol. The molecule has 0 atom stereocenters. The third kappa shape index (κ3) is 4.69. The third-order valence-corrected chi connectivity index (χ3v) is 4.77. The maximum absolute atomic E-state index is 12.5. The van der Waals surface area contributed by atoms with Gasteiger partial charge in [0.15, 0.2) is 0 Å². The average Bonchev–Trinajstić information content (AvgIpc) is 2.73. The Hall–Kier alpha value is -3.32. The molecule has 4 heteroatoms. The van der Waals surface area contributed by atoms with E-state index in [9.17, 15) is 10.1 Å². The first-order valence-electron chi connectivity index (χ1n) is 9.70. The molecule has 1 N–H and O–H groups in total. The quantitative estimate of drug-likeness (QED) is 0.643. The standard InChI is InChI=1S/C24H25N3O/c1-2-16-27(18-24(28)26-15-14-19-8-4-3-5-9-19)23-13-12-20(17-25)21-10-6-7-11-22(21)23/h3-13H,2,14-16,18H2,1H3,(H,26,28). The van der Waals surface area contributed by atoms with Gasteiger partial charge in [-0.1, -0.05) is 61.5 Å². The minimum atomic E-state index is 0.0119. The van der Waals surface area contributed by atoms with E-state index in [1.807, 2.05) is 54.6 Å². The zero-order valence-corrected chi connectivity index (χ0v) is 16.2. The van der Waals surface area contributed by atoms with E-state index in [1.165, 1.54) is 5.56 Å². The molecule has 0 saturated heterocycles. The number of rotatable bonds is 8. The molecule has 3 aromatic rings. The molecule has 0 aromatic heterocycles. The van der Waals surface area contributed by atoms with Crippen LogP contribution in [-0.2, 0) is 11.2 Å². The Morgan fingerprint density at radius 3 is 2.43 bits per heavy atom. The lowest BCUT2D eigenvalue weighted by molar-refractivity contribution is -0.119. The van der Waals surface area contributed by atoms with Crippen molar-refractivity contribution in [2.45, 2.75) is 19.8 Å². The summed E-state index contributed by atoms with van der Waals surface area (Å²) in [4.78, 5) is 14.6. The second kappa shape index (κ2) is 9.57. The number of nitrogens with zero attached hydrogens (tertiary/aromatic N) is 2. The molecule has 0 bridgehead atoms. The number of anilines is 1. The summed E-state index contributed by atoms with van der Waals surface area (Å²) in [7, 11) is 0. The van der Waals surface area contributed by atoms with Crippen LogP contribution in [0, 0.1) is 11.3 Å². The van der Waals surface area contributed by atoms with Crippen molar-refractivity contribution < 1.29 is 4.79 Å². The maximum Gasteiger partial charge on any atom is 0.239 e. The second-order valence-electron chi connectivity index (χ2n) is 6.80. The average molecular weight is 371 g/mol. The normalized spacial score (nSPS) is 10.4. The van der Waals surface area contributed by atoms with Gasteiger partial charge in [0.1, 0.15) is 0 Å². The summed E-state index contributed by atoms with van der Waals surface area (Å²) in [5.74, 6) is 0.0119. The van der Waals surface area contributed by atoms with Crippen LogP contribution in [-0.4, -0.2) is 25.5 Å². The number of carbonyl (C=O) groups excluding carboxylic acids is 1. The first-order valence-corrected chi connectivity index (χ1v) is 9.70. The highest BCUT2D eigenvalue weighted by atomic mass is 16.2. The zero-order valence-electron chi connectivity index (χ0n) is 16.2. The molecule has 4 nitrogen and oxygen atoms in total. The summed E-state index contributed by atoms with van der Waals surface area (Å²) >= 11 is 0. The Kier molecular flexibility index (Phi) is 6.64. The number of nitriles is 1. The van der Waals surface area contributed by atoms with Gasteiger partial charge in [-0.3, -0.25) is 4.79 Å². The van der Waals surface area contributed by atoms with Crippen molar-refractivity contribution in [1.29, 1.82) is 5.26 Å². The van der Waals surface area contributed by atoms with Crippen LogP contribution in [0.25, 0.3) is 10.8 Å². The fraction of sp³-hybridized carbons (Fsp3) is 0.250. The molecule has 0 heterocycles. The highest BCUT2D eigenvalue weighted by Gasteiger charge is 2.15. The van der Waals surface area contributed by atoms with Crippen LogP contribution in [0.15, 0.2) is 66.7 Å². The van der Waals surface area contributed by atoms with Crippen LogP contribution in [0.2, 0.25) is 0 Å². The van der Waals surface area contributed by atoms with Gasteiger partial charge in [0.05, 0.1) is 18.2 Å². The minimum Gasteiger partial charge on any atom is -0.362 e.